The average molecular weight is 238 g/mol. The molecule has 3 atom stereocenters. The van der Waals surface area contributed by atoms with E-state index in [-0.39, 0.29) is 0 Å². The summed E-state index contributed by atoms with van der Waals surface area (Å²) in [7, 11) is 0. The van der Waals surface area contributed by atoms with Crippen LogP contribution in [0.25, 0.3) is 0 Å². The molecule has 16 heavy (non-hydrogen) atoms. The third-order valence-electron chi connectivity index (χ3n) is 4.54. The second kappa shape index (κ2) is 5.62. The molecule has 0 N–H and O–H groups in total. The van der Waals surface area contributed by atoms with Crippen LogP contribution in [0.5, 0.6) is 0 Å². The van der Waals surface area contributed by atoms with Crippen molar-refractivity contribution in [3.05, 3.63) is 11.1 Å². The Bertz CT molecular complexity index is 259. The third kappa shape index (κ3) is 2.85. The van der Waals surface area contributed by atoms with Crippen molar-refractivity contribution in [1.82, 2.24) is 0 Å². The van der Waals surface area contributed by atoms with E-state index in [9.17, 15) is 0 Å². The summed E-state index contributed by atoms with van der Waals surface area (Å²) in [5.74, 6) is 1.94. The van der Waals surface area contributed by atoms with E-state index in [1.165, 1.54) is 51.4 Å². The van der Waals surface area contributed by atoms with Gasteiger partial charge in [-0.15, -0.1) is 0 Å². The SMILES string of the molecule is CCC1CCC(C(CC(C)S)=C2CCC2)C1. The van der Waals surface area contributed by atoms with Gasteiger partial charge in [0, 0.05) is 5.25 Å². The Hall–Kier alpha value is 0.0900. The number of hydrogen-bond donors (Lipinski definition) is 1. The lowest BCUT2D eigenvalue weighted by atomic mass is 9.80. The summed E-state index contributed by atoms with van der Waals surface area (Å²) < 4.78 is 0. The minimum absolute atomic E-state index is 0.545. The van der Waals surface area contributed by atoms with Crippen LogP contribution in [-0.2, 0) is 0 Å². The first kappa shape index (κ1) is 12.5. The Morgan fingerprint density at radius 1 is 1.38 bits per heavy atom. The average Bonchev–Trinajstić information content (AvgIpc) is 2.61. The number of hydrogen-bond acceptors (Lipinski definition) is 1. The van der Waals surface area contributed by atoms with Crippen molar-refractivity contribution in [3.8, 4) is 0 Å². The van der Waals surface area contributed by atoms with Gasteiger partial charge in [0.1, 0.15) is 0 Å². The zero-order valence-corrected chi connectivity index (χ0v) is 11.7. The fourth-order valence-electron chi connectivity index (χ4n) is 3.35. The molecule has 0 spiro atoms. The Labute approximate surface area is 106 Å². The summed E-state index contributed by atoms with van der Waals surface area (Å²) in [6, 6.07) is 0. The van der Waals surface area contributed by atoms with Gasteiger partial charge in [0.2, 0.25) is 0 Å². The quantitative estimate of drug-likeness (QED) is 0.517. The lowest BCUT2D eigenvalue weighted by molar-refractivity contribution is 0.493. The van der Waals surface area contributed by atoms with Crippen molar-refractivity contribution in [3.63, 3.8) is 0 Å². The van der Waals surface area contributed by atoms with Crippen molar-refractivity contribution in [2.75, 3.05) is 0 Å². The molecule has 0 aromatic carbocycles. The van der Waals surface area contributed by atoms with Gasteiger partial charge in [-0.3, -0.25) is 0 Å². The molecule has 2 aliphatic carbocycles. The third-order valence-corrected chi connectivity index (χ3v) is 4.72. The first-order chi connectivity index (χ1) is 7.70. The molecule has 92 valence electrons. The Balaban J connectivity index is 2.02. The number of allylic oxidation sites excluding steroid dienone is 2. The first-order valence-corrected chi connectivity index (χ1v) is 7.61. The number of rotatable bonds is 4. The van der Waals surface area contributed by atoms with Crippen molar-refractivity contribution in [2.24, 2.45) is 11.8 Å². The van der Waals surface area contributed by atoms with E-state index in [0.717, 1.165) is 11.8 Å². The van der Waals surface area contributed by atoms with Gasteiger partial charge in [-0.1, -0.05) is 31.4 Å². The van der Waals surface area contributed by atoms with E-state index < -0.39 is 0 Å². The molecule has 3 unspecified atom stereocenters. The van der Waals surface area contributed by atoms with Crippen LogP contribution in [0.2, 0.25) is 0 Å². The van der Waals surface area contributed by atoms with Crippen LogP contribution in [-0.4, -0.2) is 5.25 Å². The molecule has 2 fully saturated rings. The first-order valence-electron chi connectivity index (χ1n) is 7.09. The molecule has 0 aromatic heterocycles. The molecule has 0 bridgehead atoms. The van der Waals surface area contributed by atoms with Gasteiger partial charge >= 0.3 is 0 Å². The fourth-order valence-corrected chi connectivity index (χ4v) is 3.55. The predicted molar refractivity (Wildman–Crippen MR) is 75.1 cm³/mol. The van der Waals surface area contributed by atoms with Gasteiger partial charge < -0.3 is 0 Å². The molecule has 0 nitrogen and oxygen atoms in total. The second-order valence-electron chi connectivity index (χ2n) is 5.82. The maximum absolute atomic E-state index is 4.60. The summed E-state index contributed by atoms with van der Waals surface area (Å²) in [5.41, 5.74) is 3.63. The molecule has 0 amide bonds. The number of thiol groups is 1. The monoisotopic (exact) mass is 238 g/mol. The van der Waals surface area contributed by atoms with Gasteiger partial charge in [-0.2, -0.15) is 12.6 Å². The van der Waals surface area contributed by atoms with Crippen LogP contribution in [0.1, 0.15) is 65.2 Å². The largest absolute Gasteiger partial charge is 0.176 e. The maximum atomic E-state index is 4.60. The molecular formula is C15H26S. The molecule has 0 radical (unpaired) electrons. The zero-order chi connectivity index (χ0) is 11.5. The Morgan fingerprint density at radius 2 is 2.12 bits per heavy atom. The van der Waals surface area contributed by atoms with Crippen LogP contribution in [0.15, 0.2) is 11.1 Å². The summed E-state index contributed by atoms with van der Waals surface area (Å²) in [6.45, 7) is 4.60. The highest BCUT2D eigenvalue weighted by atomic mass is 32.1. The Kier molecular flexibility index (Phi) is 4.41. The van der Waals surface area contributed by atoms with Crippen molar-refractivity contribution < 1.29 is 0 Å². The predicted octanol–water partition coefficient (Wildman–Crippen LogP) is 5.00. The molecule has 0 heterocycles. The van der Waals surface area contributed by atoms with Crippen LogP contribution < -0.4 is 0 Å². The summed E-state index contributed by atoms with van der Waals surface area (Å²) in [6.07, 6.45) is 11.2. The van der Waals surface area contributed by atoms with E-state index in [2.05, 4.69) is 26.5 Å². The molecule has 2 saturated carbocycles. The van der Waals surface area contributed by atoms with E-state index in [1.54, 1.807) is 0 Å². The van der Waals surface area contributed by atoms with Gasteiger partial charge in [-0.05, 0) is 56.8 Å². The van der Waals surface area contributed by atoms with E-state index in [0.29, 0.717) is 5.25 Å². The highest BCUT2D eigenvalue weighted by Crippen LogP contribution is 2.43. The molecule has 0 aromatic rings. The summed E-state index contributed by atoms with van der Waals surface area (Å²) >= 11 is 4.60. The topological polar surface area (TPSA) is 0 Å². The van der Waals surface area contributed by atoms with E-state index in [4.69, 9.17) is 0 Å². The maximum Gasteiger partial charge on any atom is 0.00258 e. The standard InChI is InChI=1S/C15H26S/c1-3-12-7-8-14(10-12)15(9-11(2)16)13-5-4-6-13/h11-12,14,16H,3-10H2,1-2H3. The highest BCUT2D eigenvalue weighted by Gasteiger charge is 2.29. The lowest BCUT2D eigenvalue weighted by Crippen LogP contribution is -2.12. The van der Waals surface area contributed by atoms with Crippen LogP contribution in [0.3, 0.4) is 0 Å². The second-order valence-corrected chi connectivity index (χ2v) is 6.70. The summed E-state index contributed by atoms with van der Waals surface area (Å²) in [5, 5.41) is 0.545. The fraction of sp³-hybridized carbons (Fsp3) is 0.867. The van der Waals surface area contributed by atoms with E-state index in [1.807, 2.05) is 11.1 Å². The molecular weight excluding hydrogens is 212 g/mol. The molecule has 2 aliphatic rings. The van der Waals surface area contributed by atoms with Gasteiger partial charge in [0.05, 0.1) is 0 Å². The molecule has 0 saturated heterocycles. The highest BCUT2D eigenvalue weighted by molar-refractivity contribution is 7.80. The molecule has 0 aliphatic heterocycles. The van der Waals surface area contributed by atoms with Crippen LogP contribution in [0.4, 0.5) is 0 Å². The van der Waals surface area contributed by atoms with Crippen molar-refractivity contribution in [2.45, 2.75) is 70.5 Å². The van der Waals surface area contributed by atoms with Gasteiger partial charge in [-0.25, -0.2) is 0 Å². The smallest absolute Gasteiger partial charge is 0.00258 e. The zero-order valence-electron chi connectivity index (χ0n) is 10.8. The van der Waals surface area contributed by atoms with Gasteiger partial charge in [0.25, 0.3) is 0 Å². The van der Waals surface area contributed by atoms with Crippen molar-refractivity contribution in [1.29, 1.82) is 0 Å². The van der Waals surface area contributed by atoms with E-state index >= 15 is 0 Å². The van der Waals surface area contributed by atoms with Crippen LogP contribution in [0, 0.1) is 11.8 Å². The minimum Gasteiger partial charge on any atom is -0.176 e. The normalized spacial score (nSPS) is 31.3. The van der Waals surface area contributed by atoms with Crippen molar-refractivity contribution >= 4 is 12.6 Å². The molecule has 2 rings (SSSR count). The minimum atomic E-state index is 0.545. The lowest BCUT2D eigenvalue weighted by Gasteiger charge is -2.27. The van der Waals surface area contributed by atoms with Crippen LogP contribution >= 0.6 is 12.6 Å². The molecule has 1 heteroatoms. The summed E-state index contributed by atoms with van der Waals surface area (Å²) in [4.78, 5) is 0. The Morgan fingerprint density at radius 3 is 2.56 bits per heavy atom. The van der Waals surface area contributed by atoms with Gasteiger partial charge in [0.15, 0.2) is 0 Å².